The molecule has 1 N–H and O–H groups in total. The van der Waals surface area contributed by atoms with E-state index in [1.165, 1.54) is 32.4 Å². The lowest BCUT2D eigenvalue weighted by Gasteiger charge is -2.26. The Morgan fingerprint density at radius 2 is 1.63 bits per heavy atom. The van der Waals surface area contributed by atoms with E-state index in [-0.39, 0.29) is 23.4 Å². The molecule has 1 atom stereocenters. The van der Waals surface area contributed by atoms with Crippen LogP contribution in [0.4, 0.5) is 5.69 Å². The van der Waals surface area contributed by atoms with E-state index >= 15 is 0 Å². The number of benzene rings is 2. The van der Waals surface area contributed by atoms with Crippen LogP contribution in [0.3, 0.4) is 0 Å². The number of methoxy groups -OCH3 is 2. The van der Waals surface area contributed by atoms with Gasteiger partial charge in [-0.3, -0.25) is 9.10 Å². The van der Waals surface area contributed by atoms with Crippen molar-refractivity contribution in [1.29, 1.82) is 0 Å². The zero-order chi connectivity index (χ0) is 22.5. The van der Waals surface area contributed by atoms with Gasteiger partial charge in [-0.05, 0) is 62.6 Å². The fraction of sp³-hybridized carbons (Fsp3) is 0.409. The lowest BCUT2D eigenvalue weighted by atomic mass is 10.1. The second-order valence-corrected chi connectivity index (χ2v) is 9.11. The Balaban J connectivity index is 2.55. The third-order valence-electron chi connectivity index (χ3n) is 4.74. The van der Waals surface area contributed by atoms with E-state index < -0.39 is 10.0 Å². The minimum absolute atomic E-state index is 0.00986. The number of nitrogens with zero attached hydrogens (tertiary/aromatic N) is 1. The highest BCUT2D eigenvalue weighted by Crippen LogP contribution is 2.32. The van der Waals surface area contributed by atoms with Crippen molar-refractivity contribution in [1.82, 2.24) is 5.32 Å². The van der Waals surface area contributed by atoms with Crippen molar-refractivity contribution in [2.24, 2.45) is 0 Å². The van der Waals surface area contributed by atoms with E-state index in [4.69, 9.17) is 9.47 Å². The Bertz CT molecular complexity index is 984. The van der Waals surface area contributed by atoms with Crippen molar-refractivity contribution < 1.29 is 22.7 Å². The lowest BCUT2D eigenvalue weighted by molar-refractivity contribution is -0.120. The molecule has 7 nitrogen and oxygen atoms in total. The van der Waals surface area contributed by atoms with Gasteiger partial charge < -0.3 is 14.8 Å². The van der Waals surface area contributed by atoms with Crippen molar-refractivity contribution in [2.75, 3.05) is 25.1 Å². The van der Waals surface area contributed by atoms with Crippen LogP contribution in [0.1, 0.15) is 31.4 Å². The van der Waals surface area contributed by atoms with E-state index in [9.17, 15) is 13.2 Å². The fourth-order valence-corrected chi connectivity index (χ4v) is 4.49. The van der Waals surface area contributed by atoms with Crippen LogP contribution in [0.25, 0.3) is 0 Å². The van der Waals surface area contributed by atoms with E-state index in [1.54, 1.807) is 12.1 Å². The summed E-state index contributed by atoms with van der Waals surface area (Å²) in [7, 11) is -1.13. The summed E-state index contributed by atoms with van der Waals surface area (Å²) >= 11 is 0. The molecule has 164 valence electrons. The van der Waals surface area contributed by atoms with Gasteiger partial charge in [0.1, 0.15) is 6.54 Å². The standard InChI is InChI=1S/C22H30N2O5S/c1-7-17(4)23-22(25)14-24(18-11-15(2)10-16(3)12-18)30(26,27)19-8-9-20(28-5)21(13-19)29-6/h8-13,17H,7,14H2,1-6H3,(H,23,25)/t17-/m0/s1. The molecule has 0 fully saturated rings. The molecule has 0 saturated heterocycles. The number of rotatable bonds is 9. The Morgan fingerprint density at radius 1 is 1.03 bits per heavy atom. The Kier molecular flexibility index (Phi) is 7.72. The Morgan fingerprint density at radius 3 is 2.17 bits per heavy atom. The zero-order valence-corrected chi connectivity index (χ0v) is 19.2. The summed E-state index contributed by atoms with van der Waals surface area (Å²) in [6, 6.07) is 9.77. The molecule has 2 aromatic carbocycles. The highest BCUT2D eigenvalue weighted by molar-refractivity contribution is 7.92. The molecule has 0 aromatic heterocycles. The second kappa shape index (κ2) is 9.84. The minimum Gasteiger partial charge on any atom is -0.493 e. The third-order valence-corrected chi connectivity index (χ3v) is 6.51. The molecule has 0 radical (unpaired) electrons. The van der Waals surface area contributed by atoms with Gasteiger partial charge in [-0.2, -0.15) is 0 Å². The number of aryl methyl sites for hydroxylation is 2. The van der Waals surface area contributed by atoms with Crippen LogP contribution in [0, 0.1) is 13.8 Å². The predicted octanol–water partition coefficient (Wildman–Crippen LogP) is 3.43. The van der Waals surface area contributed by atoms with Crippen LogP contribution in [0.5, 0.6) is 11.5 Å². The van der Waals surface area contributed by atoms with Crippen LogP contribution >= 0.6 is 0 Å². The molecular formula is C22H30N2O5S. The first-order valence-corrected chi connectivity index (χ1v) is 11.2. The molecule has 0 bridgehead atoms. The van der Waals surface area contributed by atoms with E-state index in [0.29, 0.717) is 17.2 Å². The molecule has 0 saturated carbocycles. The maximum Gasteiger partial charge on any atom is 0.264 e. The van der Waals surface area contributed by atoms with Crippen molar-refractivity contribution in [2.45, 2.75) is 45.1 Å². The summed E-state index contributed by atoms with van der Waals surface area (Å²) in [5, 5.41) is 2.83. The molecule has 0 unspecified atom stereocenters. The number of carbonyl (C=O) groups is 1. The molecule has 0 aliphatic carbocycles. The Labute approximate surface area is 179 Å². The highest BCUT2D eigenvalue weighted by atomic mass is 32.2. The first-order chi connectivity index (χ1) is 14.1. The summed E-state index contributed by atoms with van der Waals surface area (Å²) in [5.74, 6) is 0.347. The van der Waals surface area contributed by atoms with Gasteiger partial charge in [0, 0.05) is 12.1 Å². The topological polar surface area (TPSA) is 84.9 Å². The molecule has 30 heavy (non-hydrogen) atoms. The largest absolute Gasteiger partial charge is 0.493 e. The number of nitrogens with one attached hydrogen (secondary N) is 1. The second-order valence-electron chi connectivity index (χ2n) is 7.25. The molecule has 1 amide bonds. The van der Waals surface area contributed by atoms with Crippen molar-refractivity contribution in [3.8, 4) is 11.5 Å². The predicted molar refractivity (Wildman–Crippen MR) is 118 cm³/mol. The number of sulfonamides is 1. The van der Waals surface area contributed by atoms with Crippen LogP contribution in [-0.4, -0.2) is 41.1 Å². The summed E-state index contributed by atoms with van der Waals surface area (Å²) < 4.78 is 38.7. The Hall–Kier alpha value is -2.74. The van der Waals surface area contributed by atoms with Crippen molar-refractivity contribution in [3.05, 3.63) is 47.5 Å². The average molecular weight is 435 g/mol. The maximum absolute atomic E-state index is 13.6. The maximum atomic E-state index is 13.6. The van der Waals surface area contributed by atoms with Crippen molar-refractivity contribution >= 4 is 21.6 Å². The zero-order valence-electron chi connectivity index (χ0n) is 18.4. The van der Waals surface area contributed by atoms with E-state index in [2.05, 4.69) is 5.32 Å². The van der Waals surface area contributed by atoms with Crippen LogP contribution < -0.4 is 19.1 Å². The SMILES string of the molecule is CC[C@H](C)NC(=O)CN(c1cc(C)cc(C)c1)S(=O)(=O)c1ccc(OC)c(OC)c1. The summed E-state index contributed by atoms with van der Waals surface area (Å²) in [4.78, 5) is 12.6. The van der Waals surface area contributed by atoms with Gasteiger partial charge >= 0.3 is 0 Å². The average Bonchev–Trinajstić information content (AvgIpc) is 2.70. The van der Waals surface area contributed by atoms with Gasteiger partial charge in [-0.1, -0.05) is 13.0 Å². The lowest BCUT2D eigenvalue weighted by Crippen LogP contribution is -2.43. The van der Waals surface area contributed by atoms with Crippen molar-refractivity contribution in [3.63, 3.8) is 0 Å². The first-order valence-electron chi connectivity index (χ1n) is 9.74. The normalized spacial score (nSPS) is 12.2. The molecule has 0 aliphatic heterocycles. The minimum atomic E-state index is -4.05. The van der Waals surface area contributed by atoms with Crippen LogP contribution in [0.2, 0.25) is 0 Å². The number of amides is 1. The van der Waals surface area contributed by atoms with Gasteiger partial charge in [-0.15, -0.1) is 0 Å². The van der Waals surface area contributed by atoms with Gasteiger partial charge in [0.15, 0.2) is 11.5 Å². The first kappa shape index (κ1) is 23.5. The molecule has 0 aliphatic rings. The van der Waals surface area contributed by atoms with Gasteiger partial charge in [-0.25, -0.2) is 8.42 Å². The van der Waals surface area contributed by atoms with Gasteiger partial charge in [0.05, 0.1) is 24.8 Å². The van der Waals surface area contributed by atoms with Crippen LogP contribution in [0.15, 0.2) is 41.3 Å². The molecule has 2 aromatic rings. The number of ether oxygens (including phenoxy) is 2. The third kappa shape index (κ3) is 5.44. The molecule has 0 heterocycles. The number of hydrogen-bond acceptors (Lipinski definition) is 5. The number of anilines is 1. The van der Waals surface area contributed by atoms with Gasteiger partial charge in [0.2, 0.25) is 5.91 Å². The van der Waals surface area contributed by atoms with E-state index in [0.717, 1.165) is 21.9 Å². The summed E-state index contributed by atoms with van der Waals surface area (Å²) in [6.45, 7) is 7.27. The monoisotopic (exact) mass is 434 g/mol. The van der Waals surface area contributed by atoms with Crippen LogP contribution in [-0.2, 0) is 14.8 Å². The summed E-state index contributed by atoms with van der Waals surface area (Å²) in [6.07, 6.45) is 0.748. The smallest absolute Gasteiger partial charge is 0.264 e. The summed E-state index contributed by atoms with van der Waals surface area (Å²) in [5.41, 5.74) is 2.24. The molecule has 8 heteroatoms. The number of carbonyl (C=O) groups excluding carboxylic acids is 1. The van der Waals surface area contributed by atoms with Gasteiger partial charge in [0.25, 0.3) is 10.0 Å². The molecule has 0 spiro atoms. The quantitative estimate of drug-likeness (QED) is 0.654. The molecule has 2 rings (SSSR count). The van der Waals surface area contributed by atoms with E-state index in [1.807, 2.05) is 33.8 Å². The highest BCUT2D eigenvalue weighted by Gasteiger charge is 2.29. The number of hydrogen-bond donors (Lipinski definition) is 1. The molecular weight excluding hydrogens is 404 g/mol. The fourth-order valence-electron chi connectivity index (χ4n) is 3.07.